The monoisotopic (exact) mass is 254 g/mol. The van der Waals surface area contributed by atoms with Crippen molar-refractivity contribution in [1.29, 1.82) is 0 Å². The predicted octanol–water partition coefficient (Wildman–Crippen LogP) is -3.27. The molecule has 0 aromatic heterocycles. The molecule has 8 nitrogen and oxygen atoms in total. The molecule has 0 bridgehead atoms. The van der Waals surface area contributed by atoms with Gasteiger partial charge < -0.3 is 29.9 Å². The van der Waals surface area contributed by atoms with E-state index in [-0.39, 0.29) is 35.8 Å². The molecular formula is C5H12NaO8P. The Morgan fingerprint density at radius 1 is 1.27 bits per heavy atom. The van der Waals surface area contributed by atoms with Crippen molar-refractivity contribution in [1.82, 2.24) is 0 Å². The first-order chi connectivity index (χ1) is 6.28. The van der Waals surface area contributed by atoms with Crippen LogP contribution in [0.5, 0.6) is 0 Å². The molecule has 10 heteroatoms. The summed E-state index contributed by atoms with van der Waals surface area (Å²) < 4.78 is 14.0. The minimum absolute atomic E-state index is 0. The van der Waals surface area contributed by atoms with Crippen molar-refractivity contribution in [3.8, 4) is 0 Å². The molecule has 0 radical (unpaired) electrons. The van der Waals surface area contributed by atoms with Crippen molar-refractivity contribution < 1.29 is 39.0 Å². The van der Waals surface area contributed by atoms with E-state index in [9.17, 15) is 9.36 Å². The number of phosphoric acid groups is 1. The average Bonchev–Trinajstić information content (AvgIpc) is 2.10. The third-order valence-corrected chi connectivity index (χ3v) is 1.78. The predicted molar refractivity (Wildman–Crippen MR) is 49.2 cm³/mol. The van der Waals surface area contributed by atoms with Gasteiger partial charge in [-0.1, -0.05) is 0 Å². The number of aldehydes is 1. The molecule has 0 saturated heterocycles. The van der Waals surface area contributed by atoms with E-state index >= 15 is 0 Å². The van der Waals surface area contributed by atoms with Crippen LogP contribution >= 0.6 is 7.82 Å². The Kier molecular flexibility index (Phi) is 9.45. The van der Waals surface area contributed by atoms with Gasteiger partial charge in [-0.05, 0) is 0 Å². The van der Waals surface area contributed by atoms with E-state index in [2.05, 4.69) is 4.52 Å². The Morgan fingerprint density at radius 3 is 2.07 bits per heavy atom. The van der Waals surface area contributed by atoms with Gasteiger partial charge in [0.1, 0.15) is 18.3 Å². The second-order valence-electron chi connectivity index (χ2n) is 2.47. The molecule has 0 aromatic rings. The second kappa shape index (κ2) is 7.86. The number of aliphatic hydroxyl groups is 3. The fourth-order valence-corrected chi connectivity index (χ4v) is 0.927. The van der Waals surface area contributed by atoms with Crippen molar-refractivity contribution in [2.24, 2.45) is 0 Å². The van der Waals surface area contributed by atoms with Crippen LogP contribution in [0.3, 0.4) is 0 Å². The standard InChI is InChI=1S/C5H11O8P.Na.H/c6-1-3(7)5(9)4(8)2-13-14(10,11)12;;/h1,3-5,7-9H,2H2,(H2,10,11,12);;/t3-,4+,5-;;/m0../s1. The zero-order chi connectivity index (χ0) is 11.4. The molecule has 0 aliphatic heterocycles. The third-order valence-electron chi connectivity index (χ3n) is 1.30. The molecule has 0 heterocycles. The molecule has 0 spiro atoms. The van der Waals surface area contributed by atoms with E-state index in [1.165, 1.54) is 0 Å². The number of carbonyl (C=O) groups is 1. The average molecular weight is 254 g/mol. The van der Waals surface area contributed by atoms with E-state index in [0.29, 0.717) is 0 Å². The Labute approximate surface area is 107 Å². The minimum atomic E-state index is -4.74. The van der Waals surface area contributed by atoms with E-state index < -0.39 is 32.7 Å². The molecule has 0 rings (SSSR count). The fourth-order valence-electron chi connectivity index (χ4n) is 0.580. The number of hydrogen-bond donors (Lipinski definition) is 5. The summed E-state index contributed by atoms with van der Waals surface area (Å²) >= 11 is 0. The molecule has 0 aromatic carbocycles. The van der Waals surface area contributed by atoms with Crippen molar-refractivity contribution in [3.05, 3.63) is 0 Å². The van der Waals surface area contributed by atoms with Gasteiger partial charge in [-0.2, -0.15) is 0 Å². The summed E-state index contributed by atoms with van der Waals surface area (Å²) in [5.41, 5.74) is 0. The van der Waals surface area contributed by atoms with Crippen LogP contribution in [0.4, 0.5) is 0 Å². The maximum atomic E-state index is 10.1. The SMILES string of the molecule is O=C[C@H](O)[C@H](O)[C@H](O)COP(=O)(O)O.[NaH]. The third kappa shape index (κ3) is 8.47. The van der Waals surface area contributed by atoms with Gasteiger partial charge in [-0.15, -0.1) is 0 Å². The van der Waals surface area contributed by atoms with E-state index in [0.717, 1.165) is 0 Å². The molecule has 15 heavy (non-hydrogen) atoms. The second-order valence-corrected chi connectivity index (χ2v) is 3.71. The van der Waals surface area contributed by atoms with Crippen molar-refractivity contribution in [2.75, 3.05) is 6.61 Å². The number of rotatable bonds is 6. The van der Waals surface area contributed by atoms with Crippen LogP contribution in [-0.2, 0) is 13.9 Å². The van der Waals surface area contributed by atoms with Gasteiger partial charge >= 0.3 is 37.4 Å². The van der Waals surface area contributed by atoms with Crippen LogP contribution in [0.2, 0.25) is 0 Å². The number of hydrogen-bond acceptors (Lipinski definition) is 6. The quantitative estimate of drug-likeness (QED) is 0.188. The van der Waals surface area contributed by atoms with E-state index in [1.807, 2.05) is 0 Å². The normalized spacial score (nSPS) is 17.4. The van der Waals surface area contributed by atoms with Crippen LogP contribution < -0.4 is 0 Å². The summed E-state index contributed by atoms with van der Waals surface area (Å²) in [5.74, 6) is 0. The molecule has 0 unspecified atom stereocenters. The summed E-state index contributed by atoms with van der Waals surface area (Å²) in [5, 5.41) is 26.6. The van der Waals surface area contributed by atoms with Crippen LogP contribution in [0, 0.1) is 0 Å². The van der Waals surface area contributed by atoms with E-state index in [4.69, 9.17) is 25.1 Å². The Hall–Kier alpha value is 0.660. The van der Waals surface area contributed by atoms with Crippen molar-refractivity contribution in [3.63, 3.8) is 0 Å². The van der Waals surface area contributed by atoms with Gasteiger partial charge in [-0.3, -0.25) is 4.52 Å². The van der Waals surface area contributed by atoms with Crippen LogP contribution in [0.25, 0.3) is 0 Å². The summed E-state index contributed by atoms with van der Waals surface area (Å²) in [6.45, 7) is -0.893. The molecule has 0 fully saturated rings. The molecule has 0 aliphatic carbocycles. The van der Waals surface area contributed by atoms with Crippen molar-refractivity contribution >= 4 is 43.7 Å². The molecule has 86 valence electrons. The van der Waals surface area contributed by atoms with Crippen LogP contribution in [0.1, 0.15) is 0 Å². The Morgan fingerprint density at radius 2 is 1.73 bits per heavy atom. The first kappa shape index (κ1) is 18.0. The van der Waals surface area contributed by atoms with Crippen LogP contribution in [-0.4, -0.2) is 85.9 Å². The fraction of sp³-hybridized carbons (Fsp3) is 0.800. The van der Waals surface area contributed by atoms with Crippen molar-refractivity contribution in [2.45, 2.75) is 18.3 Å². The molecule has 0 aliphatic rings. The Balaban J connectivity index is 0. The summed E-state index contributed by atoms with van der Waals surface area (Å²) in [6, 6.07) is 0. The molecule has 5 N–H and O–H groups in total. The van der Waals surface area contributed by atoms with Gasteiger partial charge in [0.15, 0.2) is 6.29 Å². The number of carbonyl (C=O) groups excluding carboxylic acids is 1. The molecule has 0 amide bonds. The first-order valence-corrected chi connectivity index (χ1v) is 5.00. The van der Waals surface area contributed by atoms with Gasteiger partial charge in [0.05, 0.1) is 6.61 Å². The first-order valence-electron chi connectivity index (χ1n) is 3.47. The number of aliphatic hydroxyl groups excluding tert-OH is 3. The maximum absolute atomic E-state index is 10.1. The molecule has 0 saturated carbocycles. The molecule has 3 atom stereocenters. The van der Waals surface area contributed by atoms with Gasteiger partial charge in [-0.25, -0.2) is 4.57 Å². The number of phosphoric ester groups is 1. The van der Waals surface area contributed by atoms with Gasteiger partial charge in [0.2, 0.25) is 0 Å². The van der Waals surface area contributed by atoms with Gasteiger partial charge in [0, 0.05) is 0 Å². The van der Waals surface area contributed by atoms with Crippen LogP contribution in [0.15, 0.2) is 0 Å². The van der Waals surface area contributed by atoms with E-state index in [1.54, 1.807) is 0 Å². The summed E-state index contributed by atoms with van der Waals surface area (Å²) in [6.07, 6.45) is -5.46. The molecular weight excluding hydrogens is 242 g/mol. The topological polar surface area (TPSA) is 145 Å². The Bertz CT molecular complexity index is 229. The summed E-state index contributed by atoms with van der Waals surface area (Å²) in [7, 11) is -4.74. The zero-order valence-electron chi connectivity index (χ0n) is 6.92. The summed E-state index contributed by atoms with van der Waals surface area (Å²) in [4.78, 5) is 26.4. The van der Waals surface area contributed by atoms with Gasteiger partial charge in [0.25, 0.3) is 0 Å². The zero-order valence-corrected chi connectivity index (χ0v) is 7.82.